The van der Waals surface area contributed by atoms with Gasteiger partial charge < -0.3 is 5.32 Å². The van der Waals surface area contributed by atoms with E-state index in [2.05, 4.69) is 10.6 Å². The molecule has 1 aliphatic heterocycles. The summed E-state index contributed by atoms with van der Waals surface area (Å²) in [7, 11) is 0. The second kappa shape index (κ2) is 3.30. The molecule has 84 valence electrons. The van der Waals surface area contributed by atoms with Gasteiger partial charge in [-0.3, -0.25) is 10.1 Å². The van der Waals surface area contributed by atoms with Crippen molar-refractivity contribution in [2.24, 2.45) is 0 Å². The van der Waals surface area contributed by atoms with E-state index in [4.69, 9.17) is 0 Å². The smallest absolute Gasteiger partial charge is 0.320 e. The molecule has 0 saturated carbocycles. The average Bonchev–Trinajstić information content (AvgIpc) is 2.46. The summed E-state index contributed by atoms with van der Waals surface area (Å²) in [5.41, 5.74) is -0.113. The first kappa shape index (κ1) is 10.6. The first-order valence-electron chi connectivity index (χ1n) is 4.84. The summed E-state index contributed by atoms with van der Waals surface area (Å²) in [6.45, 7) is 3.19. The van der Waals surface area contributed by atoms with Gasteiger partial charge in [-0.15, -0.1) is 0 Å². The lowest BCUT2D eigenvalue weighted by Crippen LogP contribution is -2.40. The van der Waals surface area contributed by atoms with E-state index in [9.17, 15) is 14.0 Å². The van der Waals surface area contributed by atoms with E-state index in [-0.39, 0.29) is 5.82 Å². The maximum atomic E-state index is 13.1. The predicted molar refractivity (Wildman–Crippen MR) is 55.2 cm³/mol. The van der Waals surface area contributed by atoms with Gasteiger partial charge in [0.05, 0.1) is 0 Å². The van der Waals surface area contributed by atoms with Crippen LogP contribution in [0.25, 0.3) is 0 Å². The molecule has 0 bridgehead atoms. The number of halogens is 1. The first-order valence-corrected chi connectivity index (χ1v) is 4.84. The topological polar surface area (TPSA) is 58.2 Å². The van der Waals surface area contributed by atoms with Crippen LogP contribution in [0.4, 0.5) is 9.18 Å². The maximum Gasteiger partial charge on any atom is 0.322 e. The van der Waals surface area contributed by atoms with Gasteiger partial charge in [-0.1, -0.05) is 12.1 Å². The molecule has 2 rings (SSSR count). The fraction of sp³-hybridized carbons (Fsp3) is 0.273. The number of amides is 3. The summed E-state index contributed by atoms with van der Waals surface area (Å²) in [4.78, 5) is 22.7. The summed E-state index contributed by atoms with van der Waals surface area (Å²) < 4.78 is 13.1. The number of carbonyl (C=O) groups is 2. The molecule has 0 radical (unpaired) electrons. The Morgan fingerprint density at radius 3 is 2.50 bits per heavy atom. The Hall–Kier alpha value is -1.91. The molecule has 0 spiro atoms. The molecule has 0 aromatic heterocycles. The predicted octanol–water partition coefficient (Wildman–Crippen LogP) is 1.19. The molecular weight excluding hydrogens is 211 g/mol. The zero-order valence-corrected chi connectivity index (χ0v) is 8.93. The molecule has 1 aromatic rings. The Morgan fingerprint density at radius 1 is 1.31 bits per heavy atom. The molecule has 1 heterocycles. The Kier molecular flexibility index (Phi) is 2.18. The van der Waals surface area contributed by atoms with Crippen LogP contribution < -0.4 is 10.6 Å². The molecule has 5 heteroatoms. The normalized spacial score (nSPS) is 24.2. The van der Waals surface area contributed by atoms with Crippen molar-refractivity contribution in [3.63, 3.8) is 0 Å². The molecule has 3 amide bonds. The van der Waals surface area contributed by atoms with Crippen LogP contribution in [0.1, 0.15) is 18.1 Å². The Balaban J connectivity index is 2.47. The van der Waals surface area contributed by atoms with E-state index >= 15 is 0 Å². The highest BCUT2D eigenvalue weighted by Gasteiger charge is 2.43. The SMILES string of the molecule is Cc1cc(C2(C)NC(=O)NC2=O)ccc1F. The highest BCUT2D eigenvalue weighted by atomic mass is 19.1. The summed E-state index contributed by atoms with van der Waals surface area (Å²) in [5.74, 6) is -0.763. The van der Waals surface area contributed by atoms with E-state index < -0.39 is 17.5 Å². The van der Waals surface area contributed by atoms with E-state index in [0.717, 1.165) is 0 Å². The van der Waals surface area contributed by atoms with Crippen molar-refractivity contribution < 1.29 is 14.0 Å². The van der Waals surface area contributed by atoms with Gasteiger partial charge in [-0.05, 0) is 31.0 Å². The molecule has 1 fully saturated rings. The summed E-state index contributed by atoms with van der Waals surface area (Å²) >= 11 is 0. The van der Waals surface area contributed by atoms with Crippen LogP contribution in [-0.2, 0) is 10.3 Å². The highest BCUT2D eigenvalue weighted by Crippen LogP contribution is 2.25. The van der Waals surface area contributed by atoms with Crippen LogP contribution in [0, 0.1) is 12.7 Å². The van der Waals surface area contributed by atoms with Crippen LogP contribution in [0.2, 0.25) is 0 Å². The van der Waals surface area contributed by atoms with E-state index in [0.29, 0.717) is 11.1 Å². The molecule has 4 nitrogen and oxygen atoms in total. The molecule has 1 atom stereocenters. The molecule has 1 saturated heterocycles. The number of rotatable bonds is 1. The summed E-state index contributed by atoms with van der Waals surface area (Å²) in [6, 6.07) is 3.80. The number of carbonyl (C=O) groups excluding carboxylic acids is 2. The lowest BCUT2D eigenvalue weighted by molar-refractivity contribution is -0.123. The van der Waals surface area contributed by atoms with Crippen LogP contribution in [-0.4, -0.2) is 11.9 Å². The largest absolute Gasteiger partial charge is 0.322 e. The number of benzene rings is 1. The van der Waals surface area contributed by atoms with Crippen LogP contribution in [0.15, 0.2) is 18.2 Å². The zero-order valence-electron chi connectivity index (χ0n) is 8.93. The number of urea groups is 1. The van der Waals surface area contributed by atoms with Crippen molar-refractivity contribution in [3.8, 4) is 0 Å². The third-order valence-corrected chi connectivity index (χ3v) is 2.78. The van der Waals surface area contributed by atoms with Gasteiger partial charge in [0.1, 0.15) is 11.4 Å². The van der Waals surface area contributed by atoms with Crippen LogP contribution >= 0.6 is 0 Å². The van der Waals surface area contributed by atoms with Crippen molar-refractivity contribution in [1.82, 2.24) is 10.6 Å². The number of hydrogen-bond donors (Lipinski definition) is 2. The van der Waals surface area contributed by atoms with Crippen LogP contribution in [0.5, 0.6) is 0 Å². The molecule has 1 aliphatic rings. The third kappa shape index (κ3) is 1.44. The zero-order chi connectivity index (χ0) is 11.9. The highest BCUT2D eigenvalue weighted by molar-refractivity contribution is 6.07. The monoisotopic (exact) mass is 222 g/mol. The first-order chi connectivity index (χ1) is 7.43. The molecule has 16 heavy (non-hydrogen) atoms. The van der Waals surface area contributed by atoms with Crippen LogP contribution in [0.3, 0.4) is 0 Å². The van der Waals surface area contributed by atoms with Gasteiger partial charge in [-0.2, -0.15) is 0 Å². The van der Waals surface area contributed by atoms with Crippen molar-refractivity contribution in [2.75, 3.05) is 0 Å². The molecule has 0 aliphatic carbocycles. The second-order valence-corrected chi connectivity index (χ2v) is 4.00. The number of aryl methyl sites for hydroxylation is 1. The Labute approximate surface area is 91.8 Å². The van der Waals surface area contributed by atoms with Crippen molar-refractivity contribution in [2.45, 2.75) is 19.4 Å². The summed E-state index contributed by atoms with van der Waals surface area (Å²) in [5, 5.41) is 4.68. The molecular formula is C11H11FN2O2. The molecule has 2 N–H and O–H groups in total. The average molecular weight is 222 g/mol. The standard InChI is InChI=1S/C11H11FN2O2/c1-6-5-7(3-4-8(6)12)11(2)9(15)13-10(16)14-11/h3-5H,1-2H3,(H2,13,14,15,16). The van der Waals surface area contributed by atoms with Gasteiger partial charge in [0.2, 0.25) is 0 Å². The van der Waals surface area contributed by atoms with E-state index in [1.807, 2.05) is 0 Å². The Morgan fingerprint density at radius 2 is 2.00 bits per heavy atom. The van der Waals surface area contributed by atoms with Crippen molar-refractivity contribution in [3.05, 3.63) is 35.1 Å². The fourth-order valence-corrected chi connectivity index (χ4v) is 1.70. The quantitative estimate of drug-likeness (QED) is 0.701. The van der Waals surface area contributed by atoms with Crippen molar-refractivity contribution >= 4 is 11.9 Å². The molecule has 1 unspecified atom stereocenters. The third-order valence-electron chi connectivity index (χ3n) is 2.78. The van der Waals surface area contributed by atoms with E-state index in [1.54, 1.807) is 19.9 Å². The van der Waals surface area contributed by atoms with Gasteiger partial charge in [-0.25, -0.2) is 9.18 Å². The summed E-state index contributed by atoms with van der Waals surface area (Å²) in [6.07, 6.45) is 0. The number of imide groups is 1. The molecule has 1 aromatic carbocycles. The van der Waals surface area contributed by atoms with E-state index in [1.165, 1.54) is 12.1 Å². The Bertz CT molecular complexity index is 487. The van der Waals surface area contributed by atoms with Gasteiger partial charge in [0.25, 0.3) is 5.91 Å². The minimum absolute atomic E-state index is 0.336. The van der Waals surface area contributed by atoms with Gasteiger partial charge in [0, 0.05) is 0 Å². The minimum atomic E-state index is -1.12. The maximum absolute atomic E-state index is 13.1. The number of hydrogen-bond acceptors (Lipinski definition) is 2. The lowest BCUT2D eigenvalue weighted by Gasteiger charge is -2.21. The number of nitrogens with one attached hydrogen (secondary N) is 2. The second-order valence-electron chi connectivity index (χ2n) is 4.00. The van der Waals surface area contributed by atoms with Crippen molar-refractivity contribution in [1.29, 1.82) is 0 Å². The lowest BCUT2D eigenvalue weighted by atomic mass is 9.91. The van der Waals surface area contributed by atoms with Gasteiger partial charge in [0.15, 0.2) is 0 Å². The van der Waals surface area contributed by atoms with Gasteiger partial charge >= 0.3 is 6.03 Å². The fourth-order valence-electron chi connectivity index (χ4n) is 1.70. The minimum Gasteiger partial charge on any atom is -0.320 e.